The Bertz CT molecular complexity index is 937. The van der Waals surface area contributed by atoms with Crippen molar-refractivity contribution < 1.29 is 4.79 Å². The second-order valence-corrected chi connectivity index (χ2v) is 6.52. The van der Waals surface area contributed by atoms with Crippen LogP contribution in [0.1, 0.15) is 40.4 Å². The summed E-state index contributed by atoms with van der Waals surface area (Å²) in [6.07, 6.45) is 3.54. The first kappa shape index (κ1) is 15.8. The van der Waals surface area contributed by atoms with Gasteiger partial charge in [0.2, 0.25) is 0 Å². The second-order valence-electron chi connectivity index (χ2n) is 6.08. The predicted molar refractivity (Wildman–Crippen MR) is 94.1 cm³/mol. The van der Waals surface area contributed by atoms with E-state index in [9.17, 15) is 4.79 Å². The van der Waals surface area contributed by atoms with Crippen LogP contribution in [-0.4, -0.2) is 31.0 Å². The Hall–Kier alpha value is -2.73. The van der Waals surface area contributed by atoms with E-state index in [0.29, 0.717) is 23.0 Å². The van der Waals surface area contributed by atoms with E-state index < -0.39 is 0 Å². The van der Waals surface area contributed by atoms with Crippen molar-refractivity contribution in [1.82, 2.24) is 25.1 Å². The van der Waals surface area contributed by atoms with E-state index in [1.165, 1.54) is 0 Å². The molecule has 0 aliphatic carbocycles. The summed E-state index contributed by atoms with van der Waals surface area (Å²) in [6.45, 7) is 4.33. The number of nitrogens with one attached hydrogen (secondary N) is 1. The van der Waals surface area contributed by atoms with Gasteiger partial charge in [0.1, 0.15) is 5.82 Å². The highest BCUT2D eigenvalue weighted by atomic mass is 35.5. The van der Waals surface area contributed by atoms with Gasteiger partial charge in [-0.2, -0.15) is 5.10 Å². The molecule has 6 nitrogen and oxygen atoms in total. The minimum atomic E-state index is -0.122. The second kappa shape index (κ2) is 5.97. The van der Waals surface area contributed by atoms with Crippen molar-refractivity contribution >= 4 is 17.5 Å². The fourth-order valence-corrected chi connectivity index (χ4v) is 3.39. The Morgan fingerprint density at radius 2 is 2.04 bits per heavy atom. The third-order valence-corrected chi connectivity index (χ3v) is 4.72. The molecule has 0 saturated heterocycles. The molecule has 0 saturated carbocycles. The van der Waals surface area contributed by atoms with Crippen LogP contribution in [0.3, 0.4) is 0 Å². The van der Waals surface area contributed by atoms with Gasteiger partial charge in [0.05, 0.1) is 30.2 Å². The number of H-pyrrole nitrogens is 1. The number of hydrogen-bond donors (Lipinski definition) is 1. The minimum Gasteiger partial charge on any atom is -0.326 e. The maximum absolute atomic E-state index is 12.9. The van der Waals surface area contributed by atoms with E-state index in [4.69, 9.17) is 11.6 Å². The van der Waals surface area contributed by atoms with Crippen molar-refractivity contribution in [2.45, 2.75) is 26.4 Å². The zero-order chi connectivity index (χ0) is 17.6. The lowest BCUT2D eigenvalue weighted by atomic mass is 10.0. The van der Waals surface area contributed by atoms with Crippen LogP contribution < -0.4 is 0 Å². The van der Waals surface area contributed by atoms with Crippen molar-refractivity contribution in [2.75, 3.05) is 0 Å². The fraction of sp³-hybridized carbons (Fsp3) is 0.222. The maximum atomic E-state index is 12.9. The van der Waals surface area contributed by atoms with Crippen LogP contribution in [0.4, 0.5) is 0 Å². The number of aromatic amines is 1. The van der Waals surface area contributed by atoms with E-state index in [2.05, 4.69) is 20.2 Å². The number of hydrogen-bond acceptors (Lipinski definition) is 4. The molecular weight excluding hydrogens is 338 g/mol. The van der Waals surface area contributed by atoms with Gasteiger partial charge in [-0.25, -0.2) is 9.97 Å². The number of nitrogens with zero attached hydrogens (tertiary/aromatic N) is 4. The summed E-state index contributed by atoms with van der Waals surface area (Å²) in [6, 6.07) is 6.82. The van der Waals surface area contributed by atoms with Gasteiger partial charge < -0.3 is 4.90 Å². The molecule has 0 bridgehead atoms. The molecule has 1 N–H and O–H groups in total. The quantitative estimate of drug-likeness (QED) is 0.764. The molecule has 1 aromatic carbocycles. The lowest BCUT2D eigenvalue weighted by molar-refractivity contribution is 0.0704. The molecule has 1 aliphatic rings. The van der Waals surface area contributed by atoms with Crippen molar-refractivity contribution in [3.05, 3.63) is 64.3 Å². The van der Waals surface area contributed by atoms with E-state index in [0.717, 1.165) is 22.5 Å². The average molecular weight is 354 g/mol. The first-order valence-electron chi connectivity index (χ1n) is 7.97. The SMILES string of the molecule is Cc1nc2c(c(-c3cn[nH]c3)n1)C(C)N(C(=O)c1ccc(Cl)cc1)C2. The van der Waals surface area contributed by atoms with Crippen LogP contribution in [0, 0.1) is 6.92 Å². The normalized spacial score (nSPS) is 16.1. The highest BCUT2D eigenvalue weighted by Crippen LogP contribution is 2.38. The number of fused-ring (bicyclic) bond motifs is 1. The Labute approximate surface area is 149 Å². The summed E-state index contributed by atoms with van der Waals surface area (Å²) in [5.74, 6) is 0.640. The molecule has 1 unspecified atom stereocenters. The zero-order valence-corrected chi connectivity index (χ0v) is 14.6. The van der Waals surface area contributed by atoms with Crippen LogP contribution in [0.25, 0.3) is 11.3 Å². The number of carbonyl (C=O) groups excluding carboxylic acids is 1. The van der Waals surface area contributed by atoms with Gasteiger partial charge in [-0.1, -0.05) is 11.6 Å². The number of rotatable bonds is 2. The number of halogens is 1. The minimum absolute atomic E-state index is 0.0436. The number of carbonyl (C=O) groups is 1. The molecular formula is C18H16ClN5O. The highest BCUT2D eigenvalue weighted by Gasteiger charge is 2.35. The molecule has 7 heteroatoms. The molecule has 25 heavy (non-hydrogen) atoms. The van der Waals surface area contributed by atoms with E-state index in [1.54, 1.807) is 36.7 Å². The average Bonchev–Trinajstić information content (AvgIpc) is 3.23. The van der Waals surface area contributed by atoms with Gasteiger partial charge in [-0.05, 0) is 38.1 Å². The van der Waals surface area contributed by atoms with Gasteiger partial charge in [0, 0.05) is 27.9 Å². The first-order valence-corrected chi connectivity index (χ1v) is 8.35. The largest absolute Gasteiger partial charge is 0.326 e. The van der Waals surface area contributed by atoms with Crippen molar-refractivity contribution in [3.8, 4) is 11.3 Å². The summed E-state index contributed by atoms with van der Waals surface area (Å²) in [5, 5.41) is 7.43. The Balaban J connectivity index is 1.74. The Morgan fingerprint density at radius 1 is 1.28 bits per heavy atom. The predicted octanol–water partition coefficient (Wildman–Crippen LogP) is 3.55. The smallest absolute Gasteiger partial charge is 0.254 e. The molecule has 1 amide bonds. The maximum Gasteiger partial charge on any atom is 0.254 e. The number of aryl methyl sites for hydroxylation is 1. The molecule has 0 fully saturated rings. The summed E-state index contributed by atoms with van der Waals surface area (Å²) in [4.78, 5) is 23.9. The first-order chi connectivity index (χ1) is 12.0. The number of benzene rings is 1. The standard InChI is InChI=1S/C18H16ClN5O/c1-10-16-15(22-11(2)23-17(16)13-7-20-21-8-13)9-24(10)18(25)12-3-5-14(19)6-4-12/h3-8,10H,9H2,1-2H3,(H,20,21). The molecule has 126 valence electrons. The van der Waals surface area contributed by atoms with E-state index in [1.807, 2.05) is 18.7 Å². The van der Waals surface area contributed by atoms with Crippen molar-refractivity contribution in [2.24, 2.45) is 0 Å². The highest BCUT2D eigenvalue weighted by molar-refractivity contribution is 6.30. The summed E-state index contributed by atoms with van der Waals surface area (Å²) in [7, 11) is 0. The molecule has 3 heterocycles. The monoisotopic (exact) mass is 353 g/mol. The fourth-order valence-electron chi connectivity index (χ4n) is 3.26. The summed E-state index contributed by atoms with van der Waals surface area (Å²) in [5.41, 5.74) is 4.20. The lowest BCUT2D eigenvalue weighted by Gasteiger charge is -2.22. The topological polar surface area (TPSA) is 74.8 Å². The van der Waals surface area contributed by atoms with Gasteiger partial charge in [0.25, 0.3) is 5.91 Å². The van der Waals surface area contributed by atoms with E-state index >= 15 is 0 Å². The van der Waals surface area contributed by atoms with Crippen LogP contribution in [0.15, 0.2) is 36.7 Å². The summed E-state index contributed by atoms with van der Waals surface area (Å²) < 4.78 is 0. The van der Waals surface area contributed by atoms with Crippen molar-refractivity contribution in [1.29, 1.82) is 0 Å². The zero-order valence-electron chi connectivity index (χ0n) is 13.8. The van der Waals surface area contributed by atoms with Gasteiger partial charge in [0.15, 0.2) is 0 Å². The third kappa shape index (κ3) is 2.68. The lowest BCUT2D eigenvalue weighted by Crippen LogP contribution is -2.28. The number of aromatic nitrogens is 4. The van der Waals surface area contributed by atoms with Crippen LogP contribution in [0.5, 0.6) is 0 Å². The molecule has 2 aromatic heterocycles. The molecule has 1 aliphatic heterocycles. The Kier molecular flexibility index (Phi) is 3.77. The van der Waals surface area contributed by atoms with Gasteiger partial charge in [-0.3, -0.25) is 9.89 Å². The summed E-state index contributed by atoms with van der Waals surface area (Å²) >= 11 is 5.92. The van der Waals surface area contributed by atoms with Crippen LogP contribution in [0.2, 0.25) is 5.02 Å². The van der Waals surface area contributed by atoms with Gasteiger partial charge in [-0.15, -0.1) is 0 Å². The molecule has 4 rings (SSSR count). The third-order valence-electron chi connectivity index (χ3n) is 4.47. The number of amides is 1. The molecule has 0 spiro atoms. The van der Waals surface area contributed by atoms with Crippen molar-refractivity contribution in [3.63, 3.8) is 0 Å². The molecule has 1 atom stereocenters. The van der Waals surface area contributed by atoms with Crippen LogP contribution in [-0.2, 0) is 6.54 Å². The Morgan fingerprint density at radius 3 is 2.72 bits per heavy atom. The molecule has 3 aromatic rings. The molecule has 0 radical (unpaired) electrons. The van der Waals surface area contributed by atoms with E-state index in [-0.39, 0.29) is 11.9 Å². The van der Waals surface area contributed by atoms with Crippen LogP contribution >= 0.6 is 11.6 Å². The van der Waals surface area contributed by atoms with Gasteiger partial charge >= 0.3 is 0 Å².